The summed E-state index contributed by atoms with van der Waals surface area (Å²) in [6, 6.07) is 7.92. The molecule has 1 saturated heterocycles. The monoisotopic (exact) mass is 244 g/mol. The van der Waals surface area contributed by atoms with Crippen LogP contribution in [0.1, 0.15) is 22.5 Å². The van der Waals surface area contributed by atoms with Crippen molar-refractivity contribution < 1.29 is 9.21 Å². The van der Waals surface area contributed by atoms with E-state index in [0.29, 0.717) is 5.76 Å². The van der Waals surface area contributed by atoms with Crippen LogP contribution in [0.4, 0.5) is 0 Å². The summed E-state index contributed by atoms with van der Waals surface area (Å²) in [6.45, 7) is 3.83. The number of rotatable bonds is 2. The Labute approximate surface area is 105 Å². The highest BCUT2D eigenvalue weighted by Crippen LogP contribution is 2.20. The van der Waals surface area contributed by atoms with E-state index in [1.165, 1.54) is 0 Å². The molecular formula is C14H16N2O2. The Kier molecular flexibility index (Phi) is 2.80. The number of fused-ring (bicyclic) bond motifs is 1. The maximum atomic E-state index is 12.0. The average Bonchev–Trinajstić information content (AvgIpc) is 2.96. The third-order valence-corrected chi connectivity index (χ3v) is 3.29. The van der Waals surface area contributed by atoms with E-state index in [1.807, 2.05) is 25.1 Å². The van der Waals surface area contributed by atoms with E-state index < -0.39 is 0 Å². The van der Waals surface area contributed by atoms with Crippen molar-refractivity contribution in [3.8, 4) is 0 Å². The molecule has 0 radical (unpaired) electrons. The van der Waals surface area contributed by atoms with Gasteiger partial charge in [0.25, 0.3) is 5.91 Å². The molecule has 2 aromatic rings. The van der Waals surface area contributed by atoms with E-state index in [9.17, 15) is 4.79 Å². The van der Waals surface area contributed by atoms with Crippen LogP contribution in [0, 0.1) is 6.92 Å². The maximum Gasteiger partial charge on any atom is 0.287 e. The Morgan fingerprint density at radius 2 is 2.33 bits per heavy atom. The van der Waals surface area contributed by atoms with Crippen molar-refractivity contribution >= 4 is 16.9 Å². The third-order valence-electron chi connectivity index (χ3n) is 3.29. The van der Waals surface area contributed by atoms with Crippen molar-refractivity contribution in [2.75, 3.05) is 13.1 Å². The summed E-state index contributed by atoms with van der Waals surface area (Å²) in [5.41, 5.74) is 1.92. The number of benzene rings is 1. The van der Waals surface area contributed by atoms with Crippen molar-refractivity contribution in [2.45, 2.75) is 19.4 Å². The van der Waals surface area contributed by atoms with E-state index in [2.05, 4.69) is 10.6 Å². The Bertz CT molecular complexity index is 582. The van der Waals surface area contributed by atoms with Crippen LogP contribution in [0.2, 0.25) is 0 Å². The molecule has 0 aliphatic carbocycles. The second kappa shape index (κ2) is 4.46. The van der Waals surface area contributed by atoms with Gasteiger partial charge in [-0.3, -0.25) is 4.79 Å². The first kappa shape index (κ1) is 11.3. The summed E-state index contributed by atoms with van der Waals surface area (Å²) in [4.78, 5) is 12.0. The molecule has 2 N–H and O–H groups in total. The first-order valence-corrected chi connectivity index (χ1v) is 6.24. The van der Waals surface area contributed by atoms with Gasteiger partial charge < -0.3 is 15.1 Å². The molecule has 4 nitrogen and oxygen atoms in total. The van der Waals surface area contributed by atoms with Gasteiger partial charge in [-0.1, -0.05) is 11.6 Å². The minimum atomic E-state index is -0.127. The summed E-state index contributed by atoms with van der Waals surface area (Å²) >= 11 is 0. The van der Waals surface area contributed by atoms with Gasteiger partial charge in [0, 0.05) is 18.0 Å². The second-order valence-electron chi connectivity index (χ2n) is 4.82. The molecule has 18 heavy (non-hydrogen) atoms. The minimum absolute atomic E-state index is 0.127. The molecule has 3 rings (SSSR count). The van der Waals surface area contributed by atoms with E-state index in [-0.39, 0.29) is 11.9 Å². The Hall–Kier alpha value is -1.81. The van der Waals surface area contributed by atoms with Crippen molar-refractivity contribution in [1.82, 2.24) is 10.6 Å². The molecule has 1 amide bonds. The van der Waals surface area contributed by atoms with Gasteiger partial charge in [0.2, 0.25) is 0 Å². The van der Waals surface area contributed by atoms with Gasteiger partial charge in [-0.25, -0.2) is 0 Å². The second-order valence-corrected chi connectivity index (χ2v) is 4.82. The topological polar surface area (TPSA) is 54.3 Å². The Morgan fingerprint density at radius 3 is 3.11 bits per heavy atom. The molecule has 1 aliphatic heterocycles. The van der Waals surface area contributed by atoms with Gasteiger partial charge in [0.1, 0.15) is 5.58 Å². The van der Waals surface area contributed by atoms with Gasteiger partial charge in [-0.05, 0) is 38.1 Å². The van der Waals surface area contributed by atoms with E-state index >= 15 is 0 Å². The van der Waals surface area contributed by atoms with Gasteiger partial charge in [-0.2, -0.15) is 0 Å². The summed E-state index contributed by atoms with van der Waals surface area (Å²) in [7, 11) is 0. The molecule has 0 spiro atoms. The first-order chi connectivity index (χ1) is 8.72. The normalized spacial score (nSPS) is 19.3. The molecule has 1 aromatic heterocycles. The quantitative estimate of drug-likeness (QED) is 0.847. The lowest BCUT2D eigenvalue weighted by Gasteiger charge is -2.08. The average molecular weight is 244 g/mol. The number of hydrogen-bond donors (Lipinski definition) is 2. The van der Waals surface area contributed by atoms with Crippen molar-refractivity contribution in [3.63, 3.8) is 0 Å². The zero-order valence-electron chi connectivity index (χ0n) is 10.3. The van der Waals surface area contributed by atoms with Crippen LogP contribution in [0.25, 0.3) is 11.0 Å². The number of aryl methyl sites for hydroxylation is 1. The number of carbonyl (C=O) groups excluding carboxylic acids is 1. The summed E-state index contributed by atoms with van der Waals surface area (Å²) < 4.78 is 5.56. The molecule has 1 aliphatic rings. The van der Waals surface area contributed by atoms with Crippen LogP contribution in [0.15, 0.2) is 28.7 Å². The summed E-state index contributed by atoms with van der Waals surface area (Å²) in [6.07, 6.45) is 0.977. The van der Waals surface area contributed by atoms with Gasteiger partial charge in [0.05, 0.1) is 0 Å². The molecule has 4 heteroatoms. The third kappa shape index (κ3) is 2.11. The predicted molar refractivity (Wildman–Crippen MR) is 69.7 cm³/mol. The first-order valence-electron chi connectivity index (χ1n) is 6.24. The number of furan rings is 1. The van der Waals surface area contributed by atoms with Crippen molar-refractivity contribution in [2.24, 2.45) is 0 Å². The highest BCUT2D eigenvalue weighted by molar-refractivity contribution is 5.96. The predicted octanol–water partition coefficient (Wildman–Crippen LogP) is 1.83. The van der Waals surface area contributed by atoms with Crippen molar-refractivity contribution in [1.29, 1.82) is 0 Å². The van der Waals surface area contributed by atoms with Crippen LogP contribution < -0.4 is 10.6 Å². The number of carbonyl (C=O) groups is 1. The van der Waals surface area contributed by atoms with E-state index in [0.717, 1.165) is 36.0 Å². The molecule has 0 unspecified atom stereocenters. The number of nitrogens with one attached hydrogen (secondary N) is 2. The maximum absolute atomic E-state index is 12.0. The molecule has 1 atom stereocenters. The van der Waals surface area contributed by atoms with Crippen molar-refractivity contribution in [3.05, 3.63) is 35.6 Å². The lowest BCUT2D eigenvalue weighted by molar-refractivity contribution is 0.0914. The highest BCUT2D eigenvalue weighted by atomic mass is 16.3. The molecule has 94 valence electrons. The molecule has 1 fully saturated rings. The molecule has 2 heterocycles. The molecule has 1 aromatic carbocycles. The lowest BCUT2D eigenvalue weighted by Crippen LogP contribution is -2.35. The zero-order valence-corrected chi connectivity index (χ0v) is 10.3. The molecule has 0 saturated carbocycles. The minimum Gasteiger partial charge on any atom is -0.451 e. The fourth-order valence-corrected chi connectivity index (χ4v) is 2.31. The van der Waals surface area contributed by atoms with Crippen LogP contribution in [-0.2, 0) is 0 Å². The fourth-order valence-electron chi connectivity index (χ4n) is 2.31. The van der Waals surface area contributed by atoms with E-state index in [4.69, 9.17) is 4.42 Å². The Balaban J connectivity index is 1.82. The lowest BCUT2D eigenvalue weighted by atomic mass is 10.2. The molecule has 0 bridgehead atoms. The van der Waals surface area contributed by atoms with Gasteiger partial charge in [0.15, 0.2) is 5.76 Å². The fraction of sp³-hybridized carbons (Fsp3) is 0.357. The van der Waals surface area contributed by atoms with Gasteiger partial charge >= 0.3 is 0 Å². The number of hydrogen-bond acceptors (Lipinski definition) is 3. The number of amides is 1. The zero-order chi connectivity index (χ0) is 12.5. The van der Waals surface area contributed by atoms with Crippen LogP contribution in [0.3, 0.4) is 0 Å². The van der Waals surface area contributed by atoms with Crippen LogP contribution in [0.5, 0.6) is 0 Å². The summed E-state index contributed by atoms with van der Waals surface area (Å²) in [5.74, 6) is 0.264. The molecular weight excluding hydrogens is 228 g/mol. The van der Waals surface area contributed by atoms with E-state index in [1.54, 1.807) is 6.07 Å². The standard InChI is InChI=1S/C14H16N2O2/c1-9-2-3-12-10(6-9)7-13(18-12)14(17)16-11-4-5-15-8-11/h2-3,6-7,11,15H,4-5,8H2,1H3,(H,16,17)/t11-/m0/s1. The SMILES string of the molecule is Cc1ccc2oc(C(=O)N[C@H]3CCNC3)cc2c1. The Morgan fingerprint density at radius 1 is 1.44 bits per heavy atom. The highest BCUT2D eigenvalue weighted by Gasteiger charge is 2.19. The van der Waals surface area contributed by atoms with Crippen LogP contribution in [-0.4, -0.2) is 25.0 Å². The van der Waals surface area contributed by atoms with Gasteiger partial charge in [-0.15, -0.1) is 0 Å². The smallest absolute Gasteiger partial charge is 0.287 e. The van der Waals surface area contributed by atoms with Crippen LogP contribution >= 0.6 is 0 Å². The largest absolute Gasteiger partial charge is 0.451 e. The summed E-state index contributed by atoms with van der Waals surface area (Å²) in [5, 5.41) is 7.17.